The van der Waals surface area contributed by atoms with Crippen molar-refractivity contribution >= 4 is 44.7 Å². The van der Waals surface area contributed by atoms with E-state index in [9.17, 15) is 4.79 Å². The number of amides is 1. The number of aromatic nitrogens is 1. The van der Waals surface area contributed by atoms with Crippen LogP contribution in [0.2, 0.25) is 5.02 Å². The number of hydrazine groups is 1. The predicted molar refractivity (Wildman–Crippen MR) is 88.7 cm³/mol. The molecule has 1 amide bonds. The lowest BCUT2D eigenvalue weighted by atomic mass is 10.2. The Morgan fingerprint density at radius 2 is 2.18 bits per heavy atom. The Balaban J connectivity index is 1.76. The first kappa shape index (κ1) is 14.6. The second-order valence-corrected chi connectivity index (χ2v) is 5.92. The van der Waals surface area contributed by atoms with Crippen LogP contribution in [-0.2, 0) is 0 Å². The lowest BCUT2D eigenvalue weighted by Gasteiger charge is -2.07. The quantitative estimate of drug-likeness (QED) is 0.714. The molecule has 0 saturated heterocycles. The third-order valence-corrected chi connectivity index (χ3v) is 4.42. The second-order valence-electron chi connectivity index (χ2n) is 4.43. The number of halogens is 1. The summed E-state index contributed by atoms with van der Waals surface area (Å²) in [5.41, 5.74) is 5.31. The fourth-order valence-electron chi connectivity index (χ4n) is 1.92. The third kappa shape index (κ3) is 2.98. The normalized spacial score (nSPS) is 10.5. The number of hydrogen-bond donors (Lipinski definition) is 2. The molecule has 7 heteroatoms. The largest absolute Gasteiger partial charge is 0.497 e. The van der Waals surface area contributed by atoms with Crippen LogP contribution in [0.25, 0.3) is 10.1 Å². The lowest BCUT2D eigenvalue weighted by molar-refractivity contribution is 0.0966. The third-order valence-electron chi connectivity index (χ3n) is 3.00. The standard InChI is InChI=1S/C15H12ClN3O2S/c1-21-10-4-5-12-9(7-10)8-13(22-12)15(20)19-18-14-11(16)3-2-6-17-14/h2-8H,1H3,(H,17,18)(H,19,20). The molecule has 0 saturated carbocycles. The van der Waals surface area contributed by atoms with Crippen LogP contribution < -0.4 is 15.6 Å². The number of ether oxygens (including phenoxy) is 1. The van der Waals surface area contributed by atoms with Gasteiger partial charge >= 0.3 is 0 Å². The van der Waals surface area contributed by atoms with Crippen molar-refractivity contribution in [2.75, 3.05) is 12.5 Å². The summed E-state index contributed by atoms with van der Waals surface area (Å²) in [6.45, 7) is 0. The molecule has 3 rings (SSSR count). The van der Waals surface area contributed by atoms with E-state index < -0.39 is 0 Å². The van der Waals surface area contributed by atoms with Gasteiger partial charge in [0, 0.05) is 10.9 Å². The molecule has 1 aromatic carbocycles. The van der Waals surface area contributed by atoms with Crippen LogP contribution in [0, 0.1) is 0 Å². The molecule has 0 bridgehead atoms. The first-order valence-corrected chi connectivity index (χ1v) is 7.61. The number of fused-ring (bicyclic) bond motifs is 1. The van der Waals surface area contributed by atoms with Crippen LogP contribution in [0.4, 0.5) is 5.82 Å². The van der Waals surface area contributed by atoms with Crippen molar-refractivity contribution < 1.29 is 9.53 Å². The molecule has 3 aromatic rings. The molecule has 0 unspecified atom stereocenters. The van der Waals surface area contributed by atoms with Gasteiger partial charge in [0.2, 0.25) is 0 Å². The number of nitrogens with one attached hydrogen (secondary N) is 2. The zero-order valence-electron chi connectivity index (χ0n) is 11.6. The minimum atomic E-state index is -0.248. The highest BCUT2D eigenvalue weighted by Crippen LogP contribution is 2.29. The Kier molecular flexibility index (Phi) is 4.13. The molecule has 0 radical (unpaired) electrons. The van der Waals surface area contributed by atoms with E-state index in [0.29, 0.717) is 15.7 Å². The van der Waals surface area contributed by atoms with E-state index in [2.05, 4.69) is 15.8 Å². The molecule has 2 heterocycles. The molecule has 5 nitrogen and oxygen atoms in total. The lowest BCUT2D eigenvalue weighted by Crippen LogP contribution is -2.29. The number of carbonyl (C=O) groups excluding carboxylic acids is 1. The van der Waals surface area contributed by atoms with Gasteiger partial charge in [-0.1, -0.05) is 11.6 Å². The van der Waals surface area contributed by atoms with Gasteiger partial charge < -0.3 is 4.74 Å². The maximum Gasteiger partial charge on any atom is 0.279 e. The van der Waals surface area contributed by atoms with Gasteiger partial charge in [0.15, 0.2) is 5.82 Å². The molecule has 0 aliphatic heterocycles. The Morgan fingerprint density at radius 1 is 1.32 bits per heavy atom. The second kappa shape index (κ2) is 6.21. The zero-order chi connectivity index (χ0) is 15.5. The smallest absolute Gasteiger partial charge is 0.279 e. The van der Waals surface area contributed by atoms with Crippen LogP contribution in [0.3, 0.4) is 0 Å². The average molecular weight is 334 g/mol. The van der Waals surface area contributed by atoms with Gasteiger partial charge in [-0.15, -0.1) is 11.3 Å². The first-order chi connectivity index (χ1) is 10.7. The minimum Gasteiger partial charge on any atom is -0.497 e. The Labute approximate surface area is 135 Å². The fraction of sp³-hybridized carbons (Fsp3) is 0.0667. The van der Waals surface area contributed by atoms with Crippen LogP contribution in [0.15, 0.2) is 42.6 Å². The highest BCUT2D eigenvalue weighted by Gasteiger charge is 2.11. The molecular formula is C15H12ClN3O2S. The molecule has 0 aliphatic carbocycles. The van der Waals surface area contributed by atoms with E-state index >= 15 is 0 Å². The van der Waals surface area contributed by atoms with E-state index in [1.165, 1.54) is 11.3 Å². The number of anilines is 1. The van der Waals surface area contributed by atoms with Crippen molar-refractivity contribution in [3.8, 4) is 5.75 Å². The Hall–Kier alpha value is -2.31. The van der Waals surface area contributed by atoms with Gasteiger partial charge in [0.25, 0.3) is 5.91 Å². The maximum absolute atomic E-state index is 12.2. The van der Waals surface area contributed by atoms with Crippen molar-refractivity contribution in [3.05, 3.63) is 52.5 Å². The van der Waals surface area contributed by atoms with Crippen LogP contribution >= 0.6 is 22.9 Å². The van der Waals surface area contributed by atoms with E-state index in [1.54, 1.807) is 25.4 Å². The highest BCUT2D eigenvalue weighted by atomic mass is 35.5. The molecule has 2 N–H and O–H groups in total. The number of carbonyl (C=O) groups is 1. The van der Waals surface area contributed by atoms with Gasteiger partial charge in [-0.2, -0.15) is 0 Å². The SMILES string of the molecule is COc1ccc2sc(C(=O)NNc3ncccc3Cl)cc2c1. The first-order valence-electron chi connectivity index (χ1n) is 6.42. The number of nitrogens with zero attached hydrogens (tertiary/aromatic N) is 1. The summed E-state index contributed by atoms with van der Waals surface area (Å²) >= 11 is 7.37. The highest BCUT2D eigenvalue weighted by molar-refractivity contribution is 7.20. The van der Waals surface area contributed by atoms with Gasteiger partial charge in [-0.3, -0.25) is 15.6 Å². The van der Waals surface area contributed by atoms with Crippen molar-refractivity contribution in [1.29, 1.82) is 0 Å². The van der Waals surface area contributed by atoms with Crippen LogP contribution in [0.1, 0.15) is 9.67 Å². The summed E-state index contributed by atoms with van der Waals surface area (Å²) < 4.78 is 6.19. The number of methoxy groups -OCH3 is 1. The molecule has 0 spiro atoms. The summed E-state index contributed by atoms with van der Waals surface area (Å²) in [4.78, 5) is 16.8. The number of benzene rings is 1. The summed E-state index contributed by atoms with van der Waals surface area (Å²) in [7, 11) is 1.61. The summed E-state index contributed by atoms with van der Waals surface area (Å²) in [6.07, 6.45) is 1.59. The molecule has 0 fully saturated rings. The van der Waals surface area contributed by atoms with Crippen LogP contribution in [-0.4, -0.2) is 18.0 Å². The average Bonchev–Trinajstić information content (AvgIpc) is 2.96. The minimum absolute atomic E-state index is 0.248. The van der Waals surface area contributed by atoms with Crippen molar-refractivity contribution in [1.82, 2.24) is 10.4 Å². The molecule has 0 aliphatic rings. The van der Waals surface area contributed by atoms with Crippen molar-refractivity contribution in [2.45, 2.75) is 0 Å². The van der Waals surface area contributed by atoms with E-state index in [-0.39, 0.29) is 5.91 Å². The number of hydrogen-bond acceptors (Lipinski definition) is 5. The summed E-state index contributed by atoms with van der Waals surface area (Å²) in [5.74, 6) is 0.915. The fourth-order valence-corrected chi connectivity index (χ4v) is 3.02. The zero-order valence-corrected chi connectivity index (χ0v) is 13.2. The number of rotatable bonds is 4. The van der Waals surface area contributed by atoms with E-state index in [4.69, 9.17) is 16.3 Å². The van der Waals surface area contributed by atoms with E-state index in [0.717, 1.165) is 15.8 Å². The summed E-state index contributed by atoms with van der Waals surface area (Å²) in [6, 6.07) is 10.9. The monoisotopic (exact) mass is 333 g/mol. The van der Waals surface area contributed by atoms with Gasteiger partial charge in [0.05, 0.1) is 17.0 Å². The van der Waals surface area contributed by atoms with Gasteiger partial charge in [-0.05, 0) is 41.8 Å². The number of pyridine rings is 1. The van der Waals surface area contributed by atoms with Gasteiger partial charge in [-0.25, -0.2) is 4.98 Å². The van der Waals surface area contributed by atoms with Crippen LogP contribution in [0.5, 0.6) is 5.75 Å². The molecule has 2 aromatic heterocycles. The summed E-state index contributed by atoms with van der Waals surface area (Å²) in [5, 5.41) is 1.40. The molecular weight excluding hydrogens is 322 g/mol. The molecule has 22 heavy (non-hydrogen) atoms. The Bertz CT molecular complexity index is 835. The Morgan fingerprint density at radius 3 is 2.95 bits per heavy atom. The molecule has 0 atom stereocenters. The van der Waals surface area contributed by atoms with E-state index in [1.807, 2.05) is 24.3 Å². The topological polar surface area (TPSA) is 63.2 Å². The number of thiophene rings is 1. The molecule has 112 valence electrons. The predicted octanol–water partition coefficient (Wildman–Crippen LogP) is 3.72. The maximum atomic E-state index is 12.2. The van der Waals surface area contributed by atoms with Gasteiger partial charge in [0.1, 0.15) is 5.75 Å². The van der Waals surface area contributed by atoms with Crippen molar-refractivity contribution in [2.24, 2.45) is 0 Å². The van der Waals surface area contributed by atoms with Crippen molar-refractivity contribution in [3.63, 3.8) is 0 Å².